The van der Waals surface area contributed by atoms with Crippen molar-refractivity contribution in [2.45, 2.75) is 19.4 Å². The molecule has 6 nitrogen and oxygen atoms in total. The van der Waals surface area contributed by atoms with Crippen LogP contribution in [0.5, 0.6) is 0 Å². The van der Waals surface area contributed by atoms with E-state index in [-0.39, 0.29) is 23.7 Å². The quantitative estimate of drug-likeness (QED) is 0.261. The molecular formula is C26H21FN2O4. The number of aliphatic hydroxyl groups is 1. The molecular weight excluding hydrogens is 423 g/mol. The summed E-state index contributed by atoms with van der Waals surface area (Å²) < 4.78 is 19.1. The summed E-state index contributed by atoms with van der Waals surface area (Å²) in [5.41, 5.74) is 2.05. The van der Waals surface area contributed by atoms with Gasteiger partial charge in [-0.3, -0.25) is 9.59 Å². The Labute approximate surface area is 188 Å². The number of nitrogens with one attached hydrogen (secondary N) is 1. The first-order chi connectivity index (χ1) is 15.9. The zero-order valence-corrected chi connectivity index (χ0v) is 17.8. The number of amides is 1. The van der Waals surface area contributed by atoms with E-state index in [4.69, 9.17) is 4.42 Å². The van der Waals surface area contributed by atoms with Gasteiger partial charge in [0.25, 0.3) is 11.7 Å². The van der Waals surface area contributed by atoms with E-state index in [0.717, 1.165) is 16.5 Å². The van der Waals surface area contributed by atoms with Crippen molar-refractivity contribution in [3.8, 4) is 0 Å². The van der Waals surface area contributed by atoms with Crippen LogP contribution < -0.4 is 0 Å². The van der Waals surface area contributed by atoms with E-state index in [1.165, 1.54) is 17.0 Å². The van der Waals surface area contributed by atoms with Gasteiger partial charge in [0.05, 0.1) is 5.57 Å². The molecule has 1 aliphatic rings. The Hall–Kier alpha value is -4.13. The highest BCUT2D eigenvalue weighted by Gasteiger charge is 2.47. The van der Waals surface area contributed by atoms with Gasteiger partial charge in [-0.05, 0) is 49.2 Å². The first kappa shape index (κ1) is 20.8. The van der Waals surface area contributed by atoms with Crippen LogP contribution in [0.15, 0.2) is 76.9 Å². The minimum Gasteiger partial charge on any atom is -0.507 e. The molecule has 7 heteroatoms. The van der Waals surface area contributed by atoms with Crippen LogP contribution in [0.25, 0.3) is 16.7 Å². The van der Waals surface area contributed by atoms with E-state index in [1.54, 1.807) is 37.4 Å². The van der Waals surface area contributed by atoms with Gasteiger partial charge in [0.1, 0.15) is 29.1 Å². The SMILES string of the molecule is Cc1ccc(C2/C(=C(/O)c3c[nH]c4ccccc34)C(=O)C(=O)N2CCc2ccc(F)cc2)o1. The number of aromatic amines is 1. The van der Waals surface area contributed by atoms with Crippen LogP contribution in [0.1, 0.15) is 28.7 Å². The van der Waals surface area contributed by atoms with Gasteiger partial charge in [-0.15, -0.1) is 0 Å². The zero-order valence-electron chi connectivity index (χ0n) is 17.8. The maximum atomic E-state index is 13.3. The number of nitrogens with zero attached hydrogens (tertiary/aromatic N) is 1. The predicted molar refractivity (Wildman–Crippen MR) is 121 cm³/mol. The predicted octanol–water partition coefficient (Wildman–Crippen LogP) is 4.87. The van der Waals surface area contributed by atoms with E-state index in [9.17, 15) is 19.1 Å². The highest BCUT2D eigenvalue weighted by molar-refractivity contribution is 6.46. The molecule has 2 aromatic carbocycles. The summed E-state index contributed by atoms with van der Waals surface area (Å²) in [4.78, 5) is 30.7. The lowest BCUT2D eigenvalue weighted by atomic mass is 9.99. The number of aromatic nitrogens is 1. The molecule has 4 aromatic rings. The lowest BCUT2D eigenvalue weighted by Gasteiger charge is -2.23. The fourth-order valence-corrected chi connectivity index (χ4v) is 4.32. The number of carbonyl (C=O) groups excluding carboxylic acids is 2. The van der Waals surface area contributed by atoms with E-state index in [2.05, 4.69) is 4.98 Å². The monoisotopic (exact) mass is 444 g/mol. The molecule has 0 aliphatic carbocycles. The number of furan rings is 1. The Morgan fingerprint density at radius 1 is 1.09 bits per heavy atom. The number of halogens is 1. The zero-order chi connectivity index (χ0) is 23.1. The van der Waals surface area contributed by atoms with Crippen LogP contribution in [0.2, 0.25) is 0 Å². The van der Waals surface area contributed by atoms with Crippen LogP contribution in [0.3, 0.4) is 0 Å². The highest BCUT2D eigenvalue weighted by Crippen LogP contribution is 2.41. The minimum absolute atomic E-state index is 0.0155. The summed E-state index contributed by atoms with van der Waals surface area (Å²) in [6.45, 7) is 1.97. The Morgan fingerprint density at radius 2 is 1.85 bits per heavy atom. The summed E-state index contributed by atoms with van der Waals surface area (Å²) in [5, 5.41) is 12.0. The Kier molecular flexibility index (Phi) is 5.09. The van der Waals surface area contributed by atoms with E-state index in [0.29, 0.717) is 23.5 Å². The number of hydrogen-bond acceptors (Lipinski definition) is 4. The molecule has 5 rings (SSSR count). The second-order valence-corrected chi connectivity index (χ2v) is 8.07. The van der Waals surface area contributed by atoms with Gasteiger partial charge in [-0.2, -0.15) is 0 Å². The fourth-order valence-electron chi connectivity index (χ4n) is 4.32. The largest absolute Gasteiger partial charge is 0.507 e. The van der Waals surface area contributed by atoms with Crippen molar-refractivity contribution in [1.29, 1.82) is 0 Å². The molecule has 166 valence electrons. The van der Waals surface area contributed by atoms with Crippen molar-refractivity contribution in [2.75, 3.05) is 6.54 Å². The number of likely N-dealkylation sites (tertiary alicyclic amines) is 1. The van der Waals surface area contributed by atoms with Crippen LogP contribution in [0.4, 0.5) is 4.39 Å². The topological polar surface area (TPSA) is 86.5 Å². The van der Waals surface area contributed by atoms with E-state index >= 15 is 0 Å². The Bertz CT molecular complexity index is 1400. The summed E-state index contributed by atoms with van der Waals surface area (Å²) in [7, 11) is 0. The number of para-hydroxylation sites is 1. The number of aliphatic hydroxyl groups excluding tert-OH is 1. The number of benzene rings is 2. The number of H-pyrrole nitrogens is 1. The van der Waals surface area contributed by atoms with Gasteiger partial charge < -0.3 is 19.4 Å². The average molecular weight is 444 g/mol. The molecule has 1 saturated heterocycles. The molecule has 1 amide bonds. The molecule has 0 saturated carbocycles. The molecule has 1 unspecified atom stereocenters. The number of carbonyl (C=O) groups is 2. The molecule has 0 spiro atoms. The van der Waals surface area contributed by atoms with Gasteiger partial charge >= 0.3 is 0 Å². The average Bonchev–Trinajstić information content (AvgIpc) is 3.50. The minimum atomic E-state index is -0.868. The van der Waals surface area contributed by atoms with Crippen molar-refractivity contribution in [1.82, 2.24) is 9.88 Å². The molecule has 3 heterocycles. The van der Waals surface area contributed by atoms with E-state index in [1.807, 2.05) is 24.3 Å². The van der Waals surface area contributed by atoms with E-state index < -0.39 is 17.7 Å². The van der Waals surface area contributed by atoms with Gasteiger partial charge in [0, 0.05) is 29.2 Å². The number of Topliss-reactive ketones (excluding diaryl/α,β-unsaturated/α-hetero) is 1. The Balaban J connectivity index is 1.59. The van der Waals surface area contributed by atoms with Crippen molar-refractivity contribution in [2.24, 2.45) is 0 Å². The second-order valence-electron chi connectivity index (χ2n) is 8.07. The van der Waals surface area contributed by atoms with Crippen LogP contribution in [-0.2, 0) is 16.0 Å². The van der Waals surface area contributed by atoms with Gasteiger partial charge in [0.2, 0.25) is 0 Å². The number of fused-ring (bicyclic) bond motifs is 1. The first-order valence-electron chi connectivity index (χ1n) is 10.6. The summed E-state index contributed by atoms with van der Waals surface area (Å²) in [5.74, 6) is -1.06. The van der Waals surface area contributed by atoms with Gasteiger partial charge in [-0.25, -0.2) is 4.39 Å². The molecule has 1 atom stereocenters. The number of aryl methyl sites for hydroxylation is 1. The van der Waals surface area contributed by atoms with Gasteiger partial charge in [-0.1, -0.05) is 30.3 Å². The summed E-state index contributed by atoms with van der Waals surface area (Å²) in [6.07, 6.45) is 2.03. The second kappa shape index (κ2) is 8.09. The van der Waals surface area contributed by atoms with Crippen LogP contribution in [-0.4, -0.2) is 33.2 Å². The van der Waals surface area contributed by atoms with Crippen molar-refractivity contribution in [3.63, 3.8) is 0 Å². The lowest BCUT2D eigenvalue weighted by Crippen LogP contribution is -2.31. The normalized spacial score (nSPS) is 17.9. The maximum absolute atomic E-state index is 13.3. The van der Waals surface area contributed by atoms with Gasteiger partial charge in [0.15, 0.2) is 0 Å². The molecule has 2 N–H and O–H groups in total. The molecule has 0 bridgehead atoms. The molecule has 0 radical (unpaired) electrons. The lowest BCUT2D eigenvalue weighted by molar-refractivity contribution is -0.140. The standard InChI is InChI=1S/C26H21FN2O4/c1-15-6-11-21(33-15)23-22(24(30)19-14-28-20-5-3-2-4-18(19)20)25(31)26(32)29(23)13-12-16-7-9-17(27)10-8-16/h2-11,14,23,28,30H,12-13H2,1H3/b24-22-. The third kappa shape index (κ3) is 3.61. The first-order valence-corrected chi connectivity index (χ1v) is 10.6. The third-order valence-corrected chi connectivity index (χ3v) is 5.97. The van der Waals surface area contributed by atoms with Crippen molar-refractivity contribution < 1.29 is 23.5 Å². The molecule has 1 aliphatic heterocycles. The van der Waals surface area contributed by atoms with Crippen LogP contribution >= 0.6 is 0 Å². The Morgan fingerprint density at radius 3 is 2.58 bits per heavy atom. The molecule has 2 aromatic heterocycles. The molecule has 1 fully saturated rings. The third-order valence-electron chi connectivity index (χ3n) is 5.97. The van der Waals surface area contributed by atoms with Crippen molar-refractivity contribution in [3.05, 3.63) is 101 Å². The number of rotatable bonds is 5. The summed E-state index contributed by atoms with van der Waals surface area (Å²) >= 11 is 0. The highest BCUT2D eigenvalue weighted by atomic mass is 19.1. The maximum Gasteiger partial charge on any atom is 0.295 e. The summed E-state index contributed by atoms with van der Waals surface area (Å²) in [6, 6.07) is 16.0. The van der Waals surface area contributed by atoms with Crippen LogP contribution in [0, 0.1) is 12.7 Å². The number of hydrogen-bond donors (Lipinski definition) is 2. The smallest absolute Gasteiger partial charge is 0.295 e. The fraction of sp³-hybridized carbons (Fsp3) is 0.154. The van der Waals surface area contributed by atoms with Crippen molar-refractivity contribution >= 4 is 28.4 Å². The molecule has 33 heavy (non-hydrogen) atoms. The number of ketones is 1.